The molecule has 1 saturated heterocycles. The fraction of sp³-hybridized carbons (Fsp3) is 0.375. The van der Waals surface area contributed by atoms with Gasteiger partial charge < -0.3 is 19.7 Å². The Balaban J connectivity index is 1.49. The van der Waals surface area contributed by atoms with Crippen LogP contribution in [0, 0.1) is 5.82 Å². The minimum absolute atomic E-state index is 0.230. The van der Waals surface area contributed by atoms with Gasteiger partial charge in [-0.05, 0) is 86.0 Å². The average Bonchev–Trinajstić information content (AvgIpc) is 3.13. The monoisotopic (exact) mass is 458 g/mol. The van der Waals surface area contributed by atoms with Crippen molar-refractivity contribution in [1.82, 2.24) is 19.7 Å². The number of halogens is 2. The van der Waals surface area contributed by atoms with Gasteiger partial charge in [-0.15, -0.1) is 0 Å². The Morgan fingerprint density at radius 1 is 1.16 bits per heavy atom. The van der Waals surface area contributed by atoms with E-state index in [0.29, 0.717) is 10.9 Å². The Kier molecular flexibility index (Phi) is 6.80. The van der Waals surface area contributed by atoms with Crippen molar-refractivity contribution in [1.29, 1.82) is 0 Å². The van der Waals surface area contributed by atoms with Crippen LogP contribution in [-0.4, -0.2) is 59.8 Å². The summed E-state index contributed by atoms with van der Waals surface area (Å²) >= 11 is 11.6. The van der Waals surface area contributed by atoms with Gasteiger partial charge in [-0.3, -0.25) is 0 Å². The third-order valence-corrected chi connectivity index (χ3v) is 6.79. The highest BCUT2D eigenvalue weighted by Gasteiger charge is 2.24. The van der Waals surface area contributed by atoms with Gasteiger partial charge in [-0.25, -0.2) is 4.39 Å². The van der Waals surface area contributed by atoms with E-state index in [2.05, 4.69) is 27.0 Å². The summed E-state index contributed by atoms with van der Waals surface area (Å²) in [4.78, 5) is 4.42. The molecule has 1 aliphatic rings. The molecule has 1 aromatic heterocycles. The standard InChI is InChI=1S/C24H28ClFN4S/c1-28(2)24(31)27-11-14-29-12-9-17(10-13-29)22-16-30(20-6-4-19(26)5-7-20)23-15-18(25)3-8-21(22)23/h3-8,15-17H,9-14H2,1-2H3,(H,27,31). The molecule has 0 saturated carbocycles. The quantitative estimate of drug-likeness (QED) is 0.541. The van der Waals surface area contributed by atoms with Gasteiger partial charge in [-0.2, -0.15) is 0 Å². The molecule has 3 aromatic rings. The van der Waals surface area contributed by atoms with Gasteiger partial charge >= 0.3 is 0 Å². The predicted octanol–water partition coefficient (Wildman–Crippen LogP) is 5.04. The maximum Gasteiger partial charge on any atom is 0.168 e. The second kappa shape index (κ2) is 9.55. The molecule has 1 N–H and O–H groups in total. The lowest BCUT2D eigenvalue weighted by atomic mass is 9.89. The van der Waals surface area contributed by atoms with Gasteiger partial charge in [0.1, 0.15) is 5.82 Å². The Morgan fingerprint density at radius 2 is 1.87 bits per heavy atom. The van der Waals surface area contributed by atoms with E-state index in [1.165, 1.54) is 23.1 Å². The number of hydrogen-bond acceptors (Lipinski definition) is 2. The molecular weight excluding hydrogens is 431 g/mol. The van der Waals surface area contributed by atoms with Crippen molar-refractivity contribution in [2.75, 3.05) is 40.3 Å². The number of nitrogens with one attached hydrogen (secondary N) is 1. The van der Waals surface area contributed by atoms with Crippen LogP contribution >= 0.6 is 23.8 Å². The second-order valence-electron chi connectivity index (χ2n) is 8.33. The molecule has 2 heterocycles. The minimum Gasteiger partial charge on any atom is -0.361 e. The summed E-state index contributed by atoms with van der Waals surface area (Å²) in [5, 5.41) is 6.01. The number of piperidine rings is 1. The zero-order valence-corrected chi connectivity index (χ0v) is 19.5. The van der Waals surface area contributed by atoms with Crippen LogP contribution in [0.2, 0.25) is 5.02 Å². The Hall–Kier alpha value is -2.15. The molecular formula is C24H28ClFN4S. The highest BCUT2D eigenvalue weighted by Crippen LogP contribution is 2.36. The first-order valence-corrected chi connectivity index (χ1v) is 11.4. The van der Waals surface area contributed by atoms with Gasteiger partial charge in [-0.1, -0.05) is 17.7 Å². The van der Waals surface area contributed by atoms with E-state index in [9.17, 15) is 4.39 Å². The number of aromatic nitrogens is 1. The summed E-state index contributed by atoms with van der Waals surface area (Å²) in [5.41, 5.74) is 3.36. The van der Waals surface area contributed by atoms with Crippen LogP contribution in [0.1, 0.15) is 24.3 Å². The van der Waals surface area contributed by atoms with Crippen LogP contribution in [0.15, 0.2) is 48.7 Å². The first-order valence-electron chi connectivity index (χ1n) is 10.7. The number of rotatable bonds is 5. The first-order chi connectivity index (χ1) is 14.9. The average molecular weight is 459 g/mol. The lowest BCUT2D eigenvalue weighted by Gasteiger charge is -2.32. The summed E-state index contributed by atoms with van der Waals surface area (Å²) in [5.74, 6) is 0.268. The number of fused-ring (bicyclic) bond motifs is 1. The normalized spacial score (nSPS) is 15.4. The molecule has 0 atom stereocenters. The molecule has 7 heteroatoms. The summed E-state index contributed by atoms with van der Waals surface area (Å²) in [6, 6.07) is 12.7. The molecule has 0 unspecified atom stereocenters. The topological polar surface area (TPSA) is 23.4 Å². The van der Waals surface area contributed by atoms with Gasteiger partial charge in [0, 0.05) is 49.5 Å². The zero-order chi connectivity index (χ0) is 22.0. The van der Waals surface area contributed by atoms with Gasteiger partial charge in [0.25, 0.3) is 0 Å². The largest absolute Gasteiger partial charge is 0.361 e. The molecule has 0 spiro atoms. The lowest BCUT2D eigenvalue weighted by molar-refractivity contribution is 0.215. The Labute approximate surface area is 193 Å². The van der Waals surface area contributed by atoms with Gasteiger partial charge in [0.05, 0.1) is 5.52 Å². The number of likely N-dealkylation sites (tertiary alicyclic amines) is 1. The molecule has 2 aromatic carbocycles. The maximum absolute atomic E-state index is 13.4. The first kappa shape index (κ1) is 22.1. The summed E-state index contributed by atoms with van der Waals surface area (Å²) in [6.45, 7) is 3.99. The predicted molar refractivity (Wildman–Crippen MR) is 131 cm³/mol. The molecule has 0 radical (unpaired) electrons. The summed E-state index contributed by atoms with van der Waals surface area (Å²) in [6.07, 6.45) is 4.44. The van der Waals surface area contributed by atoms with Crippen molar-refractivity contribution < 1.29 is 4.39 Å². The van der Waals surface area contributed by atoms with Crippen LogP contribution < -0.4 is 5.32 Å². The fourth-order valence-electron chi connectivity index (χ4n) is 4.31. The number of thiocarbonyl (C=S) groups is 1. The highest BCUT2D eigenvalue weighted by molar-refractivity contribution is 7.80. The molecule has 4 nitrogen and oxygen atoms in total. The molecule has 4 rings (SSSR count). The van der Waals surface area contributed by atoms with Crippen LogP contribution in [0.5, 0.6) is 0 Å². The van der Waals surface area contributed by atoms with Crippen molar-refractivity contribution in [2.24, 2.45) is 0 Å². The third kappa shape index (κ3) is 5.03. The van der Waals surface area contributed by atoms with E-state index < -0.39 is 0 Å². The van der Waals surface area contributed by atoms with E-state index in [4.69, 9.17) is 23.8 Å². The van der Waals surface area contributed by atoms with Crippen LogP contribution in [0.25, 0.3) is 16.6 Å². The molecule has 31 heavy (non-hydrogen) atoms. The van der Waals surface area contributed by atoms with E-state index >= 15 is 0 Å². The van der Waals surface area contributed by atoms with Crippen molar-refractivity contribution in [3.63, 3.8) is 0 Å². The maximum atomic E-state index is 13.4. The summed E-state index contributed by atoms with van der Waals surface area (Å²) in [7, 11) is 3.91. The smallest absolute Gasteiger partial charge is 0.168 e. The third-order valence-electron chi connectivity index (χ3n) is 6.04. The molecule has 0 aliphatic carbocycles. The van der Waals surface area contributed by atoms with Crippen LogP contribution in [-0.2, 0) is 0 Å². The minimum atomic E-state index is -0.230. The molecule has 0 amide bonds. The van der Waals surface area contributed by atoms with Crippen LogP contribution in [0.3, 0.4) is 0 Å². The van der Waals surface area contributed by atoms with E-state index in [-0.39, 0.29) is 5.82 Å². The van der Waals surface area contributed by atoms with E-state index in [1.807, 2.05) is 43.3 Å². The Bertz CT molecular complexity index is 1060. The number of nitrogens with zero attached hydrogens (tertiary/aromatic N) is 3. The SMILES string of the molecule is CN(C)C(=S)NCCN1CCC(c2cn(-c3ccc(F)cc3)c3cc(Cl)ccc23)CC1. The number of benzene rings is 2. The molecule has 1 aliphatic heterocycles. The summed E-state index contributed by atoms with van der Waals surface area (Å²) < 4.78 is 15.6. The highest BCUT2D eigenvalue weighted by atomic mass is 35.5. The molecule has 0 bridgehead atoms. The van der Waals surface area contributed by atoms with Crippen molar-refractivity contribution in [3.05, 3.63) is 65.1 Å². The molecule has 164 valence electrons. The fourth-order valence-corrected chi connectivity index (χ4v) is 4.58. The van der Waals surface area contributed by atoms with E-state index in [1.54, 1.807) is 0 Å². The van der Waals surface area contributed by atoms with Gasteiger partial charge in [0.2, 0.25) is 0 Å². The number of hydrogen-bond donors (Lipinski definition) is 1. The molecule has 1 fully saturated rings. The van der Waals surface area contributed by atoms with Crippen molar-refractivity contribution in [2.45, 2.75) is 18.8 Å². The zero-order valence-electron chi connectivity index (χ0n) is 17.9. The van der Waals surface area contributed by atoms with Crippen molar-refractivity contribution in [3.8, 4) is 5.69 Å². The Morgan fingerprint density at radius 3 is 2.55 bits per heavy atom. The van der Waals surface area contributed by atoms with Crippen LogP contribution in [0.4, 0.5) is 4.39 Å². The van der Waals surface area contributed by atoms with Crippen molar-refractivity contribution >= 4 is 39.8 Å². The van der Waals surface area contributed by atoms with E-state index in [0.717, 1.165) is 55.3 Å². The second-order valence-corrected chi connectivity index (χ2v) is 9.16. The lowest BCUT2D eigenvalue weighted by Crippen LogP contribution is -2.41. The van der Waals surface area contributed by atoms with Gasteiger partial charge in [0.15, 0.2) is 5.11 Å².